The molecule has 11 heteroatoms. The van der Waals surface area contributed by atoms with E-state index in [4.69, 9.17) is 0 Å². The molecular weight excluding hydrogens is 549 g/mol. The van der Waals surface area contributed by atoms with E-state index in [1.807, 2.05) is 24.3 Å². The van der Waals surface area contributed by atoms with Gasteiger partial charge in [0.05, 0.1) is 11.9 Å². The Bertz CT molecular complexity index is 1520. The minimum Gasteiger partial charge on any atom is -0.406 e. The standard InChI is InChI=1S/C30H29F3N6OS/c1-3-21(2)26-7-4-5-8-27(26)38-17-6-18-41-29(38)36-35-19-22-9-11-23(12-10-22)28-34-20-39(37-28)24-13-15-25(16-14-24)40-30(31,32)33/h4-5,7-16,19-21H,3,6,17-18H2,1-2H3. The van der Waals surface area contributed by atoms with Crippen LogP contribution in [0.2, 0.25) is 0 Å². The molecule has 0 aliphatic carbocycles. The maximum Gasteiger partial charge on any atom is 0.573 e. The molecule has 1 aliphatic rings. The molecule has 0 amide bonds. The maximum absolute atomic E-state index is 12.4. The van der Waals surface area contributed by atoms with E-state index in [2.05, 4.69) is 68.0 Å². The number of nitrogens with zero attached hydrogens (tertiary/aromatic N) is 6. The number of alkyl halides is 3. The number of para-hydroxylation sites is 1. The van der Waals surface area contributed by atoms with Crippen molar-refractivity contribution >= 4 is 28.8 Å². The summed E-state index contributed by atoms with van der Waals surface area (Å²) in [5.41, 5.74) is 4.76. The molecule has 0 radical (unpaired) electrons. The number of aromatic nitrogens is 3. The van der Waals surface area contributed by atoms with Crippen LogP contribution in [-0.2, 0) is 0 Å². The first-order chi connectivity index (χ1) is 19.8. The molecule has 0 N–H and O–H groups in total. The van der Waals surface area contributed by atoms with Crippen LogP contribution in [0.15, 0.2) is 89.3 Å². The van der Waals surface area contributed by atoms with Gasteiger partial charge in [-0.05, 0) is 60.2 Å². The van der Waals surface area contributed by atoms with Crippen molar-refractivity contribution < 1.29 is 17.9 Å². The third kappa shape index (κ3) is 7.15. The lowest BCUT2D eigenvalue weighted by Gasteiger charge is -2.31. The molecule has 1 saturated heterocycles. The van der Waals surface area contributed by atoms with Crippen LogP contribution in [0.3, 0.4) is 0 Å². The van der Waals surface area contributed by atoms with Gasteiger partial charge in [0.1, 0.15) is 12.1 Å². The summed E-state index contributed by atoms with van der Waals surface area (Å²) in [6, 6.07) is 21.6. The van der Waals surface area contributed by atoms with E-state index in [0.29, 0.717) is 17.4 Å². The van der Waals surface area contributed by atoms with E-state index in [1.54, 1.807) is 18.0 Å². The topological polar surface area (TPSA) is 67.9 Å². The quantitative estimate of drug-likeness (QED) is 0.158. The molecule has 2 heterocycles. The van der Waals surface area contributed by atoms with E-state index in [9.17, 15) is 13.2 Å². The highest BCUT2D eigenvalue weighted by Gasteiger charge is 2.31. The van der Waals surface area contributed by atoms with Crippen molar-refractivity contribution in [2.24, 2.45) is 10.2 Å². The molecule has 4 aromatic rings. The third-order valence-electron chi connectivity index (χ3n) is 6.70. The van der Waals surface area contributed by atoms with Crippen LogP contribution in [0.25, 0.3) is 17.1 Å². The fourth-order valence-corrected chi connectivity index (χ4v) is 5.33. The van der Waals surface area contributed by atoms with Crippen molar-refractivity contribution in [1.29, 1.82) is 0 Å². The zero-order valence-corrected chi connectivity index (χ0v) is 23.4. The number of amidine groups is 1. The van der Waals surface area contributed by atoms with Crippen molar-refractivity contribution in [3.8, 4) is 22.8 Å². The fraction of sp³-hybridized carbons (Fsp3) is 0.267. The average Bonchev–Trinajstić information content (AvgIpc) is 3.47. The zero-order chi connectivity index (χ0) is 28.8. The summed E-state index contributed by atoms with van der Waals surface area (Å²) < 4.78 is 42.6. The van der Waals surface area contributed by atoms with Gasteiger partial charge in [-0.3, -0.25) is 0 Å². The fourth-order valence-electron chi connectivity index (χ4n) is 4.42. The average molecular weight is 579 g/mol. The summed E-state index contributed by atoms with van der Waals surface area (Å²) in [6.45, 7) is 5.37. The van der Waals surface area contributed by atoms with E-state index >= 15 is 0 Å². The zero-order valence-electron chi connectivity index (χ0n) is 22.6. The number of hydrogen-bond donors (Lipinski definition) is 0. The molecule has 1 unspecified atom stereocenters. The van der Waals surface area contributed by atoms with Crippen molar-refractivity contribution in [3.05, 3.63) is 90.3 Å². The number of anilines is 1. The van der Waals surface area contributed by atoms with Gasteiger partial charge in [-0.1, -0.05) is 68.1 Å². The van der Waals surface area contributed by atoms with Gasteiger partial charge < -0.3 is 9.64 Å². The number of benzene rings is 3. The first-order valence-corrected chi connectivity index (χ1v) is 14.3. The van der Waals surface area contributed by atoms with Crippen molar-refractivity contribution in [3.63, 3.8) is 0 Å². The van der Waals surface area contributed by atoms with Crippen LogP contribution in [-0.4, -0.2) is 44.8 Å². The molecule has 7 nitrogen and oxygen atoms in total. The molecule has 41 heavy (non-hydrogen) atoms. The largest absolute Gasteiger partial charge is 0.573 e. The Kier molecular flexibility index (Phi) is 8.72. The summed E-state index contributed by atoms with van der Waals surface area (Å²) in [5.74, 6) is 1.66. The number of rotatable bonds is 8. The van der Waals surface area contributed by atoms with E-state index in [-0.39, 0.29) is 5.75 Å². The molecule has 0 bridgehead atoms. The van der Waals surface area contributed by atoms with E-state index in [0.717, 1.165) is 41.4 Å². The molecule has 212 valence electrons. The summed E-state index contributed by atoms with van der Waals surface area (Å²) in [5, 5.41) is 14.3. The Morgan fingerprint density at radius 3 is 2.54 bits per heavy atom. The van der Waals surface area contributed by atoms with Crippen LogP contribution in [0.4, 0.5) is 18.9 Å². The first-order valence-electron chi connectivity index (χ1n) is 13.3. The lowest BCUT2D eigenvalue weighted by Crippen LogP contribution is -2.34. The molecule has 0 spiro atoms. The maximum atomic E-state index is 12.4. The highest BCUT2D eigenvalue weighted by Crippen LogP contribution is 2.33. The SMILES string of the molecule is CCC(C)c1ccccc1N1CCCSC1=NN=Cc1ccc(-c2ncn(-c3ccc(OC(F)(F)F)cc3)n2)cc1. The molecule has 3 aromatic carbocycles. The van der Waals surface area contributed by atoms with Crippen molar-refractivity contribution in [2.45, 2.75) is 39.0 Å². The van der Waals surface area contributed by atoms with E-state index < -0.39 is 6.36 Å². The predicted molar refractivity (Wildman–Crippen MR) is 158 cm³/mol. The second-order valence-corrected chi connectivity index (χ2v) is 10.6. The van der Waals surface area contributed by atoms with Crippen LogP contribution in [0, 0.1) is 0 Å². The Labute approximate surface area is 240 Å². The second-order valence-electron chi connectivity index (χ2n) is 9.53. The molecule has 1 atom stereocenters. The lowest BCUT2D eigenvalue weighted by atomic mass is 9.96. The lowest BCUT2D eigenvalue weighted by molar-refractivity contribution is -0.274. The summed E-state index contributed by atoms with van der Waals surface area (Å²) >= 11 is 1.72. The Hall–Kier alpha value is -4.12. The second kappa shape index (κ2) is 12.6. The first kappa shape index (κ1) is 28.4. The Balaban J connectivity index is 1.27. The van der Waals surface area contributed by atoms with Gasteiger partial charge in [0, 0.05) is 23.5 Å². The summed E-state index contributed by atoms with van der Waals surface area (Å²) in [7, 11) is 0. The minimum absolute atomic E-state index is 0.297. The smallest absolute Gasteiger partial charge is 0.406 e. The predicted octanol–water partition coefficient (Wildman–Crippen LogP) is 7.68. The van der Waals surface area contributed by atoms with Gasteiger partial charge in [-0.2, -0.15) is 5.10 Å². The van der Waals surface area contributed by atoms with Gasteiger partial charge in [0.25, 0.3) is 0 Å². The molecule has 0 saturated carbocycles. The number of hydrogen-bond acceptors (Lipinski definition) is 6. The minimum atomic E-state index is -4.74. The monoisotopic (exact) mass is 578 g/mol. The molecule has 1 aromatic heterocycles. The molecule has 5 rings (SSSR count). The molecular formula is C30H29F3N6OS. The van der Waals surface area contributed by atoms with E-state index in [1.165, 1.54) is 46.5 Å². The van der Waals surface area contributed by atoms with Crippen molar-refractivity contribution in [1.82, 2.24) is 14.8 Å². The highest BCUT2D eigenvalue weighted by atomic mass is 32.2. The Morgan fingerprint density at radius 1 is 1.05 bits per heavy atom. The number of ether oxygens (including phenoxy) is 1. The number of halogens is 3. The van der Waals surface area contributed by atoms with Crippen molar-refractivity contribution in [2.75, 3.05) is 17.2 Å². The van der Waals surface area contributed by atoms with Crippen LogP contribution >= 0.6 is 11.8 Å². The van der Waals surface area contributed by atoms with Gasteiger partial charge in [-0.25, -0.2) is 9.67 Å². The summed E-state index contributed by atoms with van der Waals surface area (Å²) in [4.78, 5) is 6.61. The molecule has 1 aliphatic heterocycles. The van der Waals surface area contributed by atoms with Crippen LogP contribution in [0.1, 0.15) is 43.7 Å². The van der Waals surface area contributed by atoms with Gasteiger partial charge in [-0.15, -0.1) is 23.4 Å². The molecule has 1 fully saturated rings. The van der Waals surface area contributed by atoms with Crippen LogP contribution in [0.5, 0.6) is 5.75 Å². The van der Waals surface area contributed by atoms with Gasteiger partial charge in [0.15, 0.2) is 11.0 Å². The normalized spacial score (nSPS) is 15.9. The van der Waals surface area contributed by atoms with Gasteiger partial charge in [0.2, 0.25) is 0 Å². The van der Waals surface area contributed by atoms with Crippen LogP contribution < -0.4 is 9.64 Å². The summed E-state index contributed by atoms with van der Waals surface area (Å²) in [6.07, 6.45) is 0.655. The highest BCUT2D eigenvalue weighted by molar-refractivity contribution is 8.14. The number of thioether (sulfide) groups is 1. The third-order valence-corrected chi connectivity index (χ3v) is 7.76. The van der Waals surface area contributed by atoms with Gasteiger partial charge >= 0.3 is 6.36 Å². The Morgan fingerprint density at radius 2 is 1.80 bits per heavy atom.